The molecule has 1 atom stereocenters. The van der Waals surface area contributed by atoms with Crippen molar-refractivity contribution in [3.05, 3.63) is 0 Å². The molecule has 0 aromatic carbocycles. The fraction of sp³-hybridized carbons (Fsp3) is 0.929. The van der Waals surface area contributed by atoms with Crippen LogP contribution in [0.15, 0.2) is 0 Å². The van der Waals surface area contributed by atoms with Crippen molar-refractivity contribution >= 4 is 5.91 Å². The first kappa shape index (κ1) is 15.4. The van der Waals surface area contributed by atoms with Gasteiger partial charge in [-0.25, -0.2) is 0 Å². The number of carbonyl (C=O) groups is 1. The van der Waals surface area contributed by atoms with E-state index in [-0.39, 0.29) is 17.9 Å². The summed E-state index contributed by atoms with van der Waals surface area (Å²) in [5, 5.41) is 12.5. The van der Waals surface area contributed by atoms with Crippen molar-refractivity contribution in [3.63, 3.8) is 0 Å². The van der Waals surface area contributed by atoms with Crippen LogP contribution < -0.4 is 11.1 Å². The lowest BCUT2D eigenvalue weighted by molar-refractivity contribution is -0.122. The van der Waals surface area contributed by atoms with E-state index in [9.17, 15) is 9.90 Å². The number of hydrogen-bond acceptors (Lipinski definition) is 3. The van der Waals surface area contributed by atoms with Crippen molar-refractivity contribution in [2.24, 2.45) is 17.1 Å². The standard InChI is InChI=1S/C14H28N2O2/c1-12(9-15)5-6-13(18)16-10-14(11-17)7-3-2-4-8-14/h12,17H,2-11,15H2,1H3,(H,16,18). The van der Waals surface area contributed by atoms with E-state index in [1.54, 1.807) is 0 Å². The molecule has 4 N–H and O–H groups in total. The van der Waals surface area contributed by atoms with Crippen LogP contribution in [0.5, 0.6) is 0 Å². The number of carbonyl (C=O) groups excluding carboxylic acids is 1. The number of nitrogens with one attached hydrogen (secondary N) is 1. The number of rotatable bonds is 7. The molecule has 0 spiro atoms. The molecule has 1 saturated carbocycles. The predicted molar refractivity (Wildman–Crippen MR) is 73.1 cm³/mol. The highest BCUT2D eigenvalue weighted by atomic mass is 16.3. The lowest BCUT2D eigenvalue weighted by Gasteiger charge is -2.35. The maximum Gasteiger partial charge on any atom is 0.220 e. The van der Waals surface area contributed by atoms with Gasteiger partial charge in [0.25, 0.3) is 0 Å². The topological polar surface area (TPSA) is 75.4 Å². The van der Waals surface area contributed by atoms with Crippen LogP contribution in [0.3, 0.4) is 0 Å². The Bertz CT molecular complexity index is 250. The zero-order valence-electron chi connectivity index (χ0n) is 11.6. The summed E-state index contributed by atoms with van der Waals surface area (Å²) in [7, 11) is 0. The second kappa shape index (κ2) is 7.74. The van der Waals surface area contributed by atoms with Gasteiger partial charge in [0.2, 0.25) is 5.91 Å². The van der Waals surface area contributed by atoms with Crippen LogP contribution in [0.25, 0.3) is 0 Å². The minimum absolute atomic E-state index is 0.0621. The first-order valence-corrected chi connectivity index (χ1v) is 7.19. The largest absolute Gasteiger partial charge is 0.396 e. The number of aliphatic hydroxyl groups is 1. The average Bonchev–Trinajstić information content (AvgIpc) is 2.43. The van der Waals surface area contributed by atoms with Crippen LogP contribution in [-0.2, 0) is 4.79 Å². The van der Waals surface area contributed by atoms with Gasteiger partial charge in [0.05, 0.1) is 6.61 Å². The van der Waals surface area contributed by atoms with E-state index >= 15 is 0 Å². The van der Waals surface area contributed by atoms with Gasteiger partial charge in [0, 0.05) is 18.4 Å². The fourth-order valence-electron chi connectivity index (χ4n) is 2.56. The first-order chi connectivity index (χ1) is 8.62. The summed E-state index contributed by atoms with van der Waals surface area (Å²) in [5.74, 6) is 0.492. The number of hydrogen-bond donors (Lipinski definition) is 3. The third-order valence-electron chi connectivity index (χ3n) is 4.18. The predicted octanol–water partition coefficient (Wildman–Crippen LogP) is 1.42. The molecule has 1 unspecified atom stereocenters. The van der Waals surface area contributed by atoms with Crippen molar-refractivity contribution in [1.29, 1.82) is 0 Å². The molecule has 0 bridgehead atoms. The van der Waals surface area contributed by atoms with Gasteiger partial charge in [0.15, 0.2) is 0 Å². The summed E-state index contributed by atoms with van der Waals surface area (Å²) >= 11 is 0. The van der Waals surface area contributed by atoms with E-state index in [2.05, 4.69) is 12.2 Å². The van der Waals surface area contributed by atoms with Crippen molar-refractivity contribution in [2.75, 3.05) is 19.7 Å². The molecule has 0 aromatic rings. The van der Waals surface area contributed by atoms with Crippen LogP contribution in [0.1, 0.15) is 51.9 Å². The third-order valence-corrected chi connectivity index (χ3v) is 4.18. The van der Waals surface area contributed by atoms with E-state index in [4.69, 9.17) is 5.73 Å². The van der Waals surface area contributed by atoms with E-state index < -0.39 is 0 Å². The Balaban J connectivity index is 2.27. The Labute approximate surface area is 110 Å². The molecular weight excluding hydrogens is 228 g/mol. The van der Waals surface area contributed by atoms with Gasteiger partial charge in [-0.3, -0.25) is 4.79 Å². The monoisotopic (exact) mass is 256 g/mol. The highest BCUT2D eigenvalue weighted by Crippen LogP contribution is 2.35. The quantitative estimate of drug-likeness (QED) is 0.645. The maximum atomic E-state index is 11.7. The summed E-state index contributed by atoms with van der Waals surface area (Å²) in [6.45, 7) is 3.50. The summed E-state index contributed by atoms with van der Waals surface area (Å²) in [4.78, 5) is 11.7. The number of aliphatic hydroxyl groups excluding tert-OH is 1. The third kappa shape index (κ3) is 4.94. The van der Waals surface area contributed by atoms with Crippen molar-refractivity contribution in [2.45, 2.75) is 51.9 Å². The van der Waals surface area contributed by atoms with E-state index in [1.807, 2.05) is 0 Å². The summed E-state index contributed by atoms with van der Waals surface area (Å²) in [5.41, 5.74) is 5.46. The van der Waals surface area contributed by atoms with Gasteiger partial charge in [-0.15, -0.1) is 0 Å². The molecular formula is C14H28N2O2. The van der Waals surface area contributed by atoms with Crippen LogP contribution >= 0.6 is 0 Å². The average molecular weight is 256 g/mol. The molecule has 0 aromatic heterocycles. The molecule has 1 fully saturated rings. The smallest absolute Gasteiger partial charge is 0.220 e. The minimum atomic E-state index is -0.0621. The van der Waals surface area contributed by atoms with Crippen LogP contribution in [0.4, 0.5) is 0 Å². The highest BCUT2D eigenvalue weighted by Gasteiger charge is 2.31. The Morgan fingerprint density at radius 3 is 2.61 bits per heavy atom. The highest BCUT2D eigenvalue weighted by molar-refractivity contribution is 5.75. The molecule has 1 aliphatic carbocycles. The minimum Gasteiger partial charge on any atom is -0.396 e. The summed E-state index contributed by atoms with van der Waals surface area (Å²) in [6, 6.07) is 0. The molecule has 1 aliphatic rings. The van der Waals surface area contributed by atoms with Gasteiger partial charge in [-0.2, -0.15) is 0 Å². The summed E-state index contributed by atoms with van der Waals surface area (Å²) < 4.78 is 0. The Kier molecular flexibility index (Phi) is 6.65. The summed E-state index contributed by atoms with van der Waals surface area (Å²) in [6.07, 6.45) is 7.03. The maximum absolute atomic E-state index is 11.7. The van der Waals surface area contributed by atoms with Gasteiger partial charge in [-0.1, -0.05) is 26.2 Å². The molecule has 4 nitrogen and oxygen atoms in total. The number of nitrogens with two attached hydrogens (primary N) is 1. The molecule has 0 saturated heterocycles. The van der Waals surface area contributed by atoms with Crippen LogP contribution in [0.2, 0.25) is 0 Å². The molecule has 0 radical (unpaired) electrons. The van der Waals surface area contributed by atoms with Gasteiger partial charge in [-0.05, 0) is 31.7 Å². The second-order valence-corrected chi connectivity index (χ2v) is 5.88. The molecule has 0 aliphatic heterocycles. The van der Waals surface area contributed by atoms with Crippen molar-refractivity contribution in [1.82, 2.24) is 5.32 Å². The number of amides is 1. The lowest BCUT2D eigenvalue weighted by atomic mass is 9.74. The Morgan fingerprint density at radius 1 is 1.39 bits per heavy atom. The zero-order valence-corrected chi connectivity index (χ0v) is 11.6. The SMILES string of the molecule is CC(CN)CCC(=O)NCC1(CO)CCCCC1. The molecule has 4 heteroatoms. The molecule has 18 heavy (non-hydrogen) atoms. The van der Waals surface area contributed by atoms with Crippen LogP contribution in [-0.4, -0.2) is 30.7 Å². The van der Waals surface area contributed by atoms with E-state index in [1.165, 1.54) is 19.3 Å². The van der Waals surface area contributed by atoms with Crippen LogP contribution in [0, 0.1) is 11.3 Å². The second-order valence-electron chi connectivity index (χ2n) is 5.88. The molecule has 1 rings (SSSR count). The normalized spacial score (nSPS) is 20.4. The first-order valence-electron chi connectivity index (χ1n) is 7.19. The van der Waals surface area contributed by atoms with Gasteiger partial charge in [0.1, 0.15) is 0 Å². The zero-order chi connectivity index (χ0) is 13.4. The van der Waals surface area contributed by atoms with Gasteiger partial charge >= 0.3 is 0 Å². The van der Waals surface area contributed by atoms with Gasteiger partial charge < -0.3 is 16.2 Å². The van der Waals surface area contributed by atoms with Crippen molar-refractivity contribution < 1.29 is 9.90 Å². The fourth-order valence-corrected chi connectivity index (χ4v) is 2.56. The Hall–Kier alpha value is -0.610. The lowest BCUT2D eigenvalue weighted by Crippen LogP contribution is -2.41. The molecule has 1 amide bonds. The Morgan fingerprint density at radius 2 is 2.06 bits per heavy atom. The van der Waals surface area contributed by atoms with E-state index in [0.717, 1.165) is 19.3 Å². The van der Waals surface area contributed by atoms with Crippen molar-refractivity contribution in [3.8, 4) is 0 Å². The van der Waals surface area contributed by atoms with E-state index in [0.29, 0.717) is 25.4 Å². The molecule has 0 heterocycles. The molecule has 106 valence electrons.